The third kappa shape index (κ3) is 3.45. The molecule has 8 heteroatoms. The van der Waals surface area contributed by atoms with Crippen LogP contribution >= 0.6 is 11.6 Å². The monoisotopic (exact) mass is 304 g/mol. The maximum atomic E-state index is 13.5. The van der Waals surface area contributed by atoms with Crippen LogP contribution in [0.1, 0.15) is 11.1 Å². The lowest BCUT2D eigenvalue weighted by Crippen LogP contribution is -2.16. The summed E-state index contributed by atoms with van der Waals surface area (Å²) in [7, 11) is -3.79. The van der Waals surface area contributed by atoms with Crippen LogP contribution in [0.25, 0.3) is 0 Å². The highest BCUT2D eigenvalue weighted by Crippen LogP contribution is 2.19. The van der Waals surface area contributed by atoms with Gasteiger partial charge in [-0.05, 0) is 25.1 Å². The number of anilines is 1. The summed E-state index contributed by atoms with van der Waals surface area (Å²) in [5.41, 5.74) is 0.524. The molecule has 1 heterocycles. The van der Waals surface area contributed by atoms with E-state index in [9.17, 15) is 12.8 Å². The van der Waals surface area contributed by atoms with Gasteiger partial charge in [0.2, 0.25) is 10.0 Å². The zero-order chi connectivity index (χ0) is 14.0. The number of rotatable bonds is 4. The van der Waals surface area contributed by atoms with E-state index in [2.05, 4.69) is 14.4 Å². The zero-order valence-electron chi connectivity index (χ0n) is 9.85. The van der Waals surface area contributed by atoms with Crippen LogP contribution in [0.3, 0.4) is 0 Å². The van der Waals surface area contributed by atoms with Crippen molar-refractivity contribution in [2.75, 3.05) is 4.72 Å². The maximum absolute atomic E-state index is 13.5. The summed E-state index contributed by atoms with van der Waals surface area (Å²) in [6.45, 7) is 1.63. The highest BCUT2D eigenvalue weighted by Gasteiger charge is 2.17. The fourth-order valence-corrected chi connectivity index (χ4v) is 2.82. The molecule has 0 fully saturated rings. The fourth-order valence-electron chi connectivity index (χ4n) is 1.43. The standard InChI is InChI=1S/C11H10ClFN2O3S/c1-7-5-18-14-11(7)15-19(16,17)6-8-4-9(12)2-3-10(8)13/h2-5H,6H2,1H3,(H,14,15). The van der Waals surface area contributed by atoms with Crippen molar-refractivity contribution in [3.63, 3.8) is 0 Å². The van der Waals surface area contributed by atoms with Crippen LogP contribution in [0.5, 0.6) is 0 Å². The fraction of sp³-hybridized carbons (Fsp3) is 0.182. The van der Waals surface area contributed by atoms with E-state index in [4.69, 9.17) is 11.6 Å². The lowest BCUT2D eigenvalue weighted by molar-refractivity contribution is 0.422. The summed E-state index contributed by atoms with van der Waals surface area (Å²) in [5.74, 6) is -1.08. The second kappa shape index (κ2) is 5.18. The predicted molar refractivity (Wildman–Crippen MR) is 68.9 cm³/mol. The first kappa shape index (κ1) is 13.8. The summed E-state index contributed by atoms with van der Waals surface area (Å²) in [6.07, 6.45) is 1.30. The molecule has 2 aromatic rings. The van der Waals surface area contributed by atoms with Crippen LogP contribution in [0.15, 0.2) is 29.0 Å². The Morgan fingerprint density at radius 2 is 2.21 bits per heavy atom. The molecule has 0 radical (unpaired) electrons. The molecule has 0 unspecified atom stereocenters. The first-order valence-electron chi connectivity index (χ1n) is 5.23. The number of hydrogen-bond donors (Lipinski definition) is 1. The predicted octanol–water partition coefficient (Wildman–Crippen LogP) is 2.72. The number of sulfonamides is 1. The van der Waals surface area contributed by atoms with Gasteiger partial charge < -0.3 is 4.52 Å². The van der Waals surface area contributed by atoms with Gasteiger partial charge in [-0.3, -0.25) is 4.72 Å². The molecule has 5 nitrogen and oxygen atoms in total. The largest absolute Gasteiger partial charge is 0.362 e. The second-order valence-electron chi connectivity index (χ2n) is 3.94. The van der Waals surface area contributed by atoms with Gasteiger partial charge in [0.25, 0.3) is 0 Å². The van der Waals surface area contributed by atoms with Crippen molar-refractivity contribution >= 4 is 27.4 Å². The minimum Gasteiger partial charge on any atom is -0.362 e. The molecule has 0 atom stereocenters. The van der Waals surface area contributed by atoms with Gasteiger partial charge in [-0.15, -0.1) is 0 Å². The van der Waals surface area contributed by atoms with Crippen molar-refractivity contribution in [3.05, 3.63) is 46.4 Å². The third-order valence-corrected chi connectivity index (χ3v) is 3.78. The molecule has 0 bridgehead atoms. The van der Waals surface area contributed by atoms with Gasteiger partial charge in [0.1, 0.15) is 12.1 Å². The average molecular weight is 305 g/mol. The minimum absolute atomic E-state index is 0.0128. The first-order valence-corrected chi connectivity index (χ1v) is 7.26. The second-order valence-corrected chi connectivity index (χ2v) is 6.10. The number of nitrogens with zero attached hydrogens (tertiary/aromatic N) is 1. The Balaban J connectivity index is 2.22. The van der Waals surface area contributed by atoms with E-state index in [1.54, 1.807) is 6.92 Å². The molecule has 0 aliphatic carbocycles. The maximum Gasteiger partial charge on any atom is 0.238 e. The minimum atomic E-state index is -3.79. The molecule has 1 N–H and O–H groups in total. The van der Waals surface area contributed by atoms with Crippen molar-refractivity contribution in [1.29, 1.82) is 0 Å². The van der Waals surface area contributed by atoms with Crippen molar-refractivity contribution < 1.29 is 17.3 Å². The van der Waals surface area contributed by atoms with Gasteiger partial charge in [-0.2, -0.15) is 0 Å². The van der Waals surface area contributed by atoms with Gasteiger partial charge in [0.15, 0.2) is 5.82 Å². The Hall–Kier alpha value is -1.60. The topological polar surface area (TPSA) is 72.2 Å². The Labute approximate surface area is 114 Å². The first-order chi connectivity index (χ1) is 8.87. The van der Waals surface area contributed by atoms with Crippen LogP contribution in [0.4, 0.5) is 10.2 Å². The van der Waals surface area contributed by atoms with Gasteiger partial charge in [0, 0.05) is 16.1 Å². The van der Waals surface area contributed by atoms with E-state index in [1.165, 1.54) is 18.4 Å². The van der Waals surface area contributed by atoms with Crippen LogP contribution < -0.4 is 4.72 Å². The number of benzene rings is 1. The number of aryl methyl sites for hydroxylation is 1. The molecule has 0 saturated carbocycles. The van der Waals surface area contributed by atoms with Crippen LogP contribution in [0, 0.1) is 12.7 Å². The summed E-state index contributed by atoms with van der Waals surface area (Å²) >= 11 is 5.70. The summed E-state index contributed by atoms with van der Waals surface area (Å²) in [5, 5.41) is 3.77. The van der Waals surface area contributed by atoms with E-state index < -0.39 is 21.6 Å². The summed E-state index contributed by atoms with van der Waals surface area (Å²) in [6, 6.07) is 3.74. The number of aromatic nitrogens is 1. The number of nitrogens with one attached hydrogen (secondary N) is 1. The molecule has 0 spiro atoms. The summed E-state index contributed by atoms with van der Waals surface area (Å²) in [4.78, 5) is 0. The van der Waals surface area contributed by atoms with Crippen molar-refractivity contribution in [2.45, 2.75) is 12.7 Å². The third-order valence-electron chi connectivity index (χ3n) is 2.35. The molecule has 0 aliphatic rings. The van der Waals surface area contributed by atoms with E-state index in [0.29, 0.717) is 5.56 Å². The summed E-state index contributed by atoms with van der Waals surface area (Å²) < 4.78 is 44.1. The van der Waals surface area contributed by atoms with E-state index in [-0.39, 0.29) is 16.4 Å². The number of hydrogen-bond acceptors (Lipinski definition) is 4. The van der Waals surface area contributed by atoms with E-state index in [1.807, 2.05) is 0 Å². The smallest absolute Gasteiger partial charge is 0.238 e. The van der Waals surface area contributed by atoms with Gasteiger partial charge in [0.05, 0.1) is 5.75 Å². The molecule has 19 heavy (non-hydrogen) atoms. The van der Waals surface area contributed by atoms with Crippen LogP contribution in [0.2, 0.25) is 5.02 Å². The van der Waals surface area contributed by atoms with Crippen LogP contribution in [-0.4, -0.2) is 13.6 Å². The van der Waals surface area contributed by atoms with Crippen molar-refractivity contribution in [3.8, 4) is 0 Å². The van der Waals surface area contributed by atoms with Crippen LogP contribution in [-0.2, 0) is 15.8 Å². The Kier molecular flexibility index (Phi) is 3.77. The Morgan fingerprint density at radius 3 is 2.84 bits per heavy atom. The molecule has 1 aromatic carbocycles. The molecule has 102 valence electrons. The highest BCUT2D eigenvalue weighted by molar-refractivity contribution is 7.91. The molecular formula is C11H10ClFN2O3S. The van der Waals surface area contributed by atoms with Crippen molar-refractivity contribution in [1.82, 2.24) is 5.16 Å². The van der Waals surface area contributed by atoms with Gasteiger partial charge >= 0.3 is 0 Å². The highest BCUT2D eigenvalue weighted by atomic mass is 35.5. The molecule has 0 aliphatic heterocycles. The quantitative estimate of drug-likeness (QED) is 0.942. The molecule has 0 saturated heterocycles. The molecule has 2 rings (SSSR count). The zero-order valence-corrected chi connectivity index (χ0v) is 11.4. The van der Waals surface area contributed by atoms with Gasteiger partial charge in [-0.1, -0.05) is 16.8 Å². The van der Waals surface area contributed by atoms with E-state index in [0.717, 1.165) is 6.07 Å². The Morgan fingerprint density at radius 1 is 1.47 bits per heavy atom. The normalized spacial score (nSPS) is 11.5. The average Bonchev–Trinajstić information content (AvgIpc) is 2.68. The van der Waals surface area contributed by atoms with Crippen molar-refractivity contribution in [2.24, 2.45) is 0 Å². The lowest BCUT2D eigenvalue weighted by atomic mass is 10.2. The molecule has 1 aromatic heterocycles. The van der Waals surface area contributed by atoms with E-state index >= 15 is 0 Å². The Bertz CT molecular complexity index is 700. The molecular weight excluding hydrogens is 295 g/mol. The SMILES string of the molecule is Cc1conc1NS(=O)(=O)Cc1cc(Cl)ccc1F. The molecule has 0 amide bonds. The van der Waals surface area contributed by atoms with Gasteiger partial charge in [-0.25, -0.2) is 12.8 Å². The lowest BCUT2D eigenvalue weighted by Gasteiger charge is -2.07. The number of halogens is 2.